The van der Waals surface area contributed by atoms with E-state index < -0.39 is 11.9 Å². The second-order valence-corrected chi connectivity index (χ2v) is 5.75. The second kappa shape index (κ2) is 6.20. The molecule has 7 nitrogen and oxygen atoms in total. The minimum atomic E-state index is -0.840. The topological polar surface area (TPSA) is 99.2 Å². The molecule has 1 fully saturated rings. The van der Waals surface area contributed by atoms with Crippen molar-refractivity contribution in [2.24, 2.45) is 5.92 Å². The number of likely N-dealkylation sites (tertiary alicyclic amines) is 1. The van der Waals surface area contributed by atoms with Crippen LogP contribution in [0.15, 0.2) is 24.3 Å². The van der Waals surface area contributed by atoms with E-state index in [0.717, 1.165) is 5.56 Å². The third-order valence-electron chi connectivity index (χ3n) is 4.02. The number of H-pyrrole nitrogens is 1. The van der Waals surface area contributed by atoms with E-state index in [2.05, 4.69) is 15.2 Å². The lowest BCUT2D eigenvalue weighted by atomic mass is 9.97. The minimum Gasteiger partial charge on any atom is -0.481 e. The molecule has 0 aliphatic carbocycles. The van der Waals surface area contributed by atoms with Crippen LogP contribution in [0.4, 0.5) is 0 Å². The lowest BCUT2D eigenvalue weighted by Crippen LogP contribution is -2.42. The van der Waals surface area contributed by atoms with Gasteiger partial charge in [-0.2, -0.15) is 5.10 Å². The second-order valence-electron chi connectivity index (χ2n) is 5.75. The molecule has 3 rings (SSSR count). The number of aromatic amines is 1. The molecular formula is C16H18N4O3. The largest absolute Gasteiger partial charge is 0.481 e. The van der Waals surface area contributed by atoms with Gasteiger partial charge < -0.3 is 10.0 Å². The summed E-state index contributed by atoms with van der Waals surface area (Å²) >= 11 is 0. The number of hydrogen-bond acceptors (Lipinski definition) is 4. The van der Waals surface area contributed by atoms with E-state index >= 15 is 0 Å². The highest BCUT2D eigenvalue weighted by atomic mass is 16.4. The fraction of sp³-hybridized carbons (Fsp3) is 0.375. The Balaban J connectivity index is 1.81. The number of carbonyl (C=O) groups is 2. The summed E-state index contributed by atoms with van der Waals surface area (Å²) in [5.41, 5.74) is 1.28. The maximum Gasteiger partial charge on any atom is 0.308 e. The third-order valence-corrected chi connectivity index (χ3v) is 4.02. The summed E-state index contributed by atoms with van der Waals surface area (Å²) in [7, 11) is 0. The zero-order chi connectivity index (χ0) is 16.4. The molecule has 1 unspecified atom stereocenters. The highest BCUT2D eigenvalue weighted by Crippen LogP contribution is 2.21. The fourth-order valence-electron chi connectivity index (χ4n) is 2.81. The Bertz CT molecular complexity index is 740. The zero-order valence-corrected chi connectivity index (χ0v) is 12.8. The van der Waals surface area contributed by atoms with E-state index in [1.165, 1.54) is 0 Å². The molecular weight excluding hydrogens is 296 g/mol. The molecule has 120 valence electrons. The van der Waals surface area contributed by atoms with Crippen LogP contribution >= 0.6 is 0 Å². The first-order valence-electron chi connectivity index (χ1n) is 7.56. The van der Waals surface area contributed by atoms with Crippen LogP contribution in [0.3, 0.4) is 0 Å². The van der Waals surface area contributed by atoms with E-state index in [1.54, 1.807) is 23.1 Å². The van der Waals surface area contributed by atoms with Gasteiger partial charge in [-0.25, -0.2) is 4.98 Å². The molecule has 2 heterocycles. The number of aromatic nitrogens is 3. The number of carboxylic acids is 1. The van der Waals surface area contributed by atoms with E-state index in [-0.39, 0.29) is 12.5 Å². The van der Waals surface area contributed by atoms with Crippen LogP contribution in [0.1, 0.15) is 29.0 Å². The summed E-state index contributed by atoms with van der Waals surface area (Å²) in [6.07, 6.45) is 1.33. The van der Waals surface area contributed by atoms with E-state index in [9.17, 15) is 9.59 Å². The van der Waals surface area contributed by atoms with Gasteiger partial charge in [-0.15, -0.1) is 0 Å². The molecule has 1 saturated heterocycles. The standard InChI is InChI=1S/C16H18N4O3/c1-10-17-14(19-18-10)11-4-2-5-12(8-11)15(21)20-7-3-6-13(9-20)16(22)23/h2,4-5,8,13H,3,6-7,9H2,1H3,(H,22,23)(H,17,18,19). The third kappa shape index (κ3) is 3.23. The zero-order valence-electron chi connectivity index (χ0n) is 12.8. The molecule has 1 aliphatic rings. The van der Waals surface area contributed by atoms with Crippen molar-refractivity contribution in [3.8, 4) is 11.4 Å². The first-order chi connectivity index (χ1) is 11.0. The molecule has 1 aliphatic heterocycles. The van der Waals surface area contributed by atoms with Crippen LogP contribution in [-0.2, 0) is 4.79 Å². The smallest absolute Gasteiger partial charge is 0.308 e. The predicted octanol–water partition coefficient (Wildman–Crippen LogP) is 1.72. The van der Waals surface area contributed by atoms with Crippen LogP contribution in [0.2, 0.25) is 0 Å². The SMILES string of the molecule is Cc1nc(-c2cccc(C(=O)N3CCCC(C(=O)O)C3)c2)n[nH]1. The average molecular weight is 314 g/mol. The number of benzene rings is 1. The number of aryl methyl sites for hydroxylation is 1. The first-order valence-corrected chi connectivity index (χ1v) is 7.56. The Labute approximate surface area is 133 Å². The number of hydrogen-bond donors (Lipinski definition) is 2. The summed E-state index contributed by atoms with van der Waals surface area (Å²) in [5.74, 6) is -0.222. The molecule has 1 atom stereocenters. The molecule has 2 N–H and O–H groups in total. The van der Waals surface area contributed by atoms with Crippen molar-refractivity contribution in [3.05, 3.63) is 35.7 Å². The quantitative estimate of drug-likeness (QED) is 0.898. The normalized spacial score (nSPS) is 18.0. The van der Waals surface area contributed by atoms with Gasteiger partial charge in [0.1, 0.15) is 5.82 Å². The Morgan fingerprint density at radius 3 is 2.91 bits per heavy atom. The Kier molecular flexibility index (Phi) is 4.10. The van der Waals surface area contributed by atoms with Gasteiger partial charge in [-0.05, 0) is 31.9 Å². The lowest BCUT2D eigenvalue weighted by molar-refractivity contribution is -0.143. The maximum absolute atomic E-state index is 12.6. The Morgan fingerprint density at radius 2 is 2.22 bits per heavy atom. The van der Waals surface area contributed by atoms with Crippen LogP contribution in [0, 0.1) is 12.8 Å². The van der Waals surface area contributed by atoms with Crippen LogP contribution < -0.4 is 0 Å². The summed E-state index contributed by atoms with van der Waals surface area (Å²) in [4.78, 5) is 29.7. The molecule has 0 bridgehead atoms. The molecule has 1 aromatic carbocycles. The van der Waals surface area contributed by atoms with Gasteiger partial charge in [0.25, 0.3) is 5.91 Å². The number of nitrogens with zero attached hydrogens (tertiary/aromatic N) is 3. The van der Waals surface area contributed by atoms with Crippen molar-refractivity contribution in [1.82, 2.24) is 20.1 Å². The van der Waals surface area contributed by atoms with Gasteiger partial charge in [0, 0.05) is 24.2 Å². The summed E-state index contributed by atoms with van der Waals surface area (Å²) in [6.45, 7) is 2.66. The van der Waals surface area contributed by atoms with E-state index in [0.29, 0.717) is 36.6 Å². The average Bonchev–Trinajstić information content (AvgIpc) is 3.01. The molecule has 23 heavy (non-hydrogen) atoms. The number of carbonyl (C=O) groups excluding carboxylic acids is 1. The lowest BCUT2D eigenvalue weighted by Gasteiger charge is -2.30. The number of amides is 1. The van der Waals surface area contributed by atoms with Crippen molar-refractivity contribution >= 4 is 11.9 Å². The van der Waals surface area contributed by atoms with Gasteiger partial charge >= 0.3 is 5.97 Å². The van der Waals surface area contributed by atoms with Crippen LogP contribution in [0.5, 0.6) is 0 Å². The van der Waals surface area contributed by atoms with Crippen molar-refractivity contribution in [1.29, 1.82) is 0 Å². The molecule has 1 aromatic heterocycles. The van der Waals surface area contributed by atoms with Crippen molar-refractivity contribution in [2.45, 2.75) is 19.8 Å². The van der Waals surface area contributed by atoms with Gasteiger partial charge in [-0.1, -0.05) is 12.1 Å². The maximum atomic E-state index is 12.6. The minimum absolute atomic E-state index is 0.148. The van der Waals surface area contributed by atoms with Gasteiger partial charge in [-0.3, -0.25) is 14.7 Å². The van der Waals surface area contributed by atoms with Crippen molar-refractivity contribution < 1.29 is 14.7 Å². The molecule has 1 amide bonds. The van der Waals surface area contributed by atoms with Gasteiger partial charge in [0.15, 0.2) is 5.82 Å². The summed E-state index contributed by atoms with van der Waals surface area (Å²) in [5, 5.41) is 16.0. The van der Waals surface area contributed by atoms with Gasteiger partial charge in [0.05, 0.1) is 5.92 Å². The number of nitrogens with one attached hydrogen (secondary N) is 1. The summed E-state index contributed by atoms with van der Waals surface area (Å²) in [6, 6.07) is 7.10. The van der Waals surface area contributed by atoms with E-state index in [1.807, 2.05) is 13.0 Å². The Hall–Kier alpha value is -2.70. The molecule has 2 aromatic rings. The highest BCUT2D eigenvalue weighted by molar-refractivity contribution is 5.95. The number of rotatable bonds is 3. The number of carboxylic acid groups (broad SMARTS) is 1. The van der Waals surface area contributed by atoms with Crippen molar-refractivity contribution in [3.63, 3.8) is 0 Å². The van der Waals surface area contributed by atoms with Crippen molar-refractivity contribution in [2.75, 3.05) is 13.1 Å². The number of aliphatic carboxylic acids is 1. The van der Waals surface area contributed by atoms with Crippen LogP contribution in [-0.4, -0.2) is 50.2 Å². The molecule has 0 saturated carbocycles. The molecule has 0 spiro atoms. The molecule has 0 radical (unpaired) electrons. The highest BCUT2D eigenvalue weighted by Gasteiger charge is 2.28. The van der Waals surface area contributed by atoms with E-state index in [4.69, 9.17) is 5.11 Å². The number of piperidine rings is 1. The van der Waals surface area contributed by atoms with Crippen LogP contribution in [0.25, 0.3) is 11.4 Å². The Morgan fingerprint density at radius 1 is 1.39 bits per heavy atom. The predicted molar refractivity (Wildman–Crippen MR) is 82.8 cm³/mol. The summed E-state index contributed by atoms with van der Waals surface area (Å²) < 4.78 is 0. The fourth-order valence-corrected chi connectivity index (χ4v) is 2.81. The monoisotopic (exact) mass is 314 g/mol. The van der Waals surface area contributed by atoms with Gasteiger partial charge in [0.2, 0.25) is 0 Å². The first kappa shape index (κ1) is 15.2. The molecule has 7 heteroatoms.